The number of amides is 1. The van der Waals surface area contributed by atoms with E-state index in [1.165, 1.54) is 20.1 Å². The molecule has 23 heavy (non-hydrogen) atoms. The molecule has 2 N–H and O–H groups in total. The van der Waals surface area contributed by atoms with Gasteiger partial charge in [-0.3, -0.25) is 9.59 Å². The first-order chi connectivity index (χ1) is 10.8. The van der Waals surface area contributed by atoms with Gasteiger partial charge in [0.25, 0.3) is 5.91 Å². The Labute approximate surface area is 138 Å². The average Bonchev–Trinajstić information content (AvgIpc) is 2.49. The normalized spacial score (nSPS) is 10.5. The molecule has 0 saturated heterocycles. The van der Waals surface area contributed by atoms with Crippen molar-refractivity contribution in [2.24, 2.45) is 5.73 Å². The molecule has 0 unspecified atom stereocenters. The number of benzene rings is 2. The lowest BCUT2D eigenvalue weighted by atomic mass is 9.89. The molecule has 4 nitrogen and oxygen atoms in total. The highest BCUT2D eigenvalue weighted by molar-refractivity contribution is 6.32. The van der Waals surface area contributed by atoms with Crippen LogP contribution in [0.1, 0.15) is 33.2 Å². The third-order valence-electron chi connectivity index (χ3n) is 3.60. The number of ketones is 1. The second-order valence-electron chi connectivity index (χ2n) is 5.02. The highest BCUT2D eigenvalue weighted by Crippen LogP contribution is 2.39. The fraction of sp³-hybridized carbons (Fsp3) is 0.176. The van der Waals surface area contributed by atoms with E-state index in [1.807, 2.05) is 0 Å². The van der Waals surface area contributed by atoms with Gasteiger partial charge in [-0.1, -0.05) is 17.7 Å². The number of methoxy groups -OCH3 is 1. The van der Waals surface area contributed by atoms with Gasteiger partial charge in [0.15, 0.2) is 5.78 Å². The van der Waals surface area contributed by atoms with Crippen molar-refractivity contribution in [1.82, 2.24) is 0 Å². The number of carbonyl (C=O) groups is 2. The number of halogens is 2. The lowest BCUT2D eigenvalue weighted by Gasteiger charge is -2.17. The van der Waals surface area contributed by atoms with Crippen LogP contribution in [0.5, 0.6) is 5.75 Å². The van der Waals surface area contributed by atoms with Crippen LogP contribution in [0.4, 0.5) is 4.39 Å². The number of rotatable bonds is 4. The zero-order valence-electron chi connectivity index (χ0n) is 12.9. The van der Waals surface area contributed by atoms with Crippen molar-refractivity contribution in [2.45, 2.75) is 13.8 Å². The van der Waals surface area contributed by atoms with E-state index in [4.69, 9.17) is 22.1 Å². The van der Waals surface area contributed by atoms with Crippen molar-refractivity contribution < 1.29 is 18.7 Å². The molecule has 0 radical (unpaired) electrons. The predicted molar refractivity (Wildman–Crippen MR) is 86.7 cm³/mol. The molecule has 0 aromatic heterocycles. The lowest BCUT2D eigenvalue weighted by Crippen LogP contribution is -2.18. The van der Waals surface area contributed by atoms with Gasteiger partial charge in [-0.2, -0.15) is 0 Å². The van der Waals surface area contributed by atoms with Gasteiger partial charge in [-0.15, -0.1) is 0 Å². The summed E-state index contributed by atoms with van der Waals surface area (Å²) in [6, 6.07) is 5.81. The number of ether oxygens (including phenoxy) is 1. The Balaban J connectivity index is 2.96. The summed E-state index contributed by atoms with van der Waals surface area (Å²) in [5.41, 5.74) is 6.26. The molecule has 2 rings (SSSR count). The molecule has 2 aromatic carbocycles. The number of hydrogen-bond acceptors (Lipinski definition) is 3. The third kappa shape index (κ3) is 2.92. The first-order valence-electron chi connectivity index (χ1n) is 6.76. The molecule has 6 heteroatoms. The number of carbonyl (C=O) groups excluding carboxylic acids is 2. The van der Waals surface area contributed by atoms with Gasteiger partial charge in [0.2, 0.25) is 0 Å². The van der Waals surface area contributed by atoms with Gasteiger partial charge in [-0.25, -0.2) is 4.39 Å². The molecule has 0 saturated carbocycles. The third-order valence-corrected chi connectivity index (χ3v) is 4.01. The Morgan fingerprint density at radius 3 is 2.35 bits per heavy atom. The van der Waals surface area contributed by atoms with Gasteiger partial charge in [0, 0.05) is 16.1 Å². The van der Waals surface area contributed by atoms with Gasteiger partial charge < -0.3 is 10.5 Å². The zero-order valence-corrected chi connectivity index (χ0v) is 13.6. The molecule has 0 atom stereocenters. The monoisotopic (exact) mass is 335 g/mol. The predicted octanol–water partition coefficient (Wildman–Crippen LogP) is 3.76. The maximum atomic E-state index is 14.0. The van der Waals surface area contributed by atoms with Gasteiger partial charge in [-0.05, 0) is 43.2 Å². The van der Waals surface area contributed by atoms with E-state index in [0.29, 0.717) is 27.5 Å². The highest BCUT2D eigenvalue weighted by atomic mass is 35.5. The maximum absolute atomic E-state index is 14.0. The first-order valence-corrected chi connectivity index (χ1v) is 7.14. The zero-order chi connectivity index (χ0) is 17.3. The topological polar surface area (TPSA) is 69.4 Å². The van der Waals surface area contributed by atoms with E-state index in [-0.39, 0.29) is 5.56 Å². The second kappa shape index (κ2) is 6.38. The van der Waals surface area contributed by atoms with E-state index in [9.17, 15) is 14.0 Å². The minimum atomic E-state index is -1.01. The van der Waals surface area contributed by atoms with Gasteiger partial charge in [0.05, 0.1) is 12.7 Å². The quantitative estimate of drug-likeness (QED) is 0.865. The Morgan fingerprint density at radius 2 is 1.83 bits per heavy atom. The van der Waals surface area contributed by atoms with Crippen LogP contribution in [-0.2, 0) is 0 Å². The molecular weight excluding hydrogens is 321 g/mol. The Morgan fingerprint density at radius 1 is 1.17 bits per heavy atom. The number of primary amides is 1. The van der Waals surface area contributed by atoms with E-state index in [2.05, 4.69) is 0 Å². The minimum Gasteiger partial charge on any atom is -0.496 e. The molecular formula is C17H15ClFNO3. The van der Waals surface area contributed by atoms with Crippen molar-refractivity contribution >= 4 is 23.3 Å². The van der Waals surface area contributed by atoms with Crippen LogP contribution in [0, 0.1) is 12.7 Å². The summed E-state index contributed by atoms with van der Waals surface area (Å²) in [7, 11) is 1.47. The molecule has 1 amide bonds. The molecule has 0 aliphatic heterocycles. The van der Waals surface area contributed by atoms with E-state index in [0.717, 1.165) is 6.07 Å². The minimum absolute atomic E-state index is 0.0823. The Hall–Kier alpha value is -2.40. The summed E-state index contributed by atoms with van der Waals surface area (Å²) in [5.74, 6) is -1.87. The molecule has 2 aromatic rings. The van der Waals surface area contributed by atoms with Crippen molar-refractivity contribution in [3.05, 3.63) is 51.8 Å². The maximum Gasteiger partial charge on any atom is 0.252 e. The molecule has 120 valence electrons. The van der Waals surface area contributed by atoms with Crippen molar-refractivity contribution in [3.8, 4) is 16.9 Å². The lowest BCUT2D eigenvalue weighted by molar-refractivity contribution is 0.0970. The first kappa shape index (κ1) is 17.0. The summed E-state index contributed by atoms with van der Waals surface area (Å²) in [4.78, 5) is 23.7. The van der Waals surface area contributed by atoms with Crippen molar-refractivity contribution in [3.63, 3.8) is 0 Å². The summed E-state index contributed by atoms with van der Waals surface area (Å²) < 4.78 is 19.3. The SMILES string of the molecule is COc1ccc(Cl)c(C)c1-c1ccc(F)c(C(N)=O)c1C(C)=O. The Kier molecular flexibility index (Phi) is 4.71. The Bertz CT molecular complexity index is 818. The summed E-state index contributed by atoms with van der Waals surface area (Å²) in [5, 5.41) is 0.459. The van der Waals surface area contributed by atoms with Crippen LogP contribution < -0.4 is 10.5 Å². The second-order valence-corrected chi connectivity index (χ2v) is 5.42. The number of hydrogen-bond donors (Lipinski definition) is 1. The average molecular weight is 336 g/mol. The van der Waals surface area contributed by atoms with E-state index in [1.54, 1.807) is 19.1 Å². The van der Waals surface area contributed by atoms with Crippen LogP contribution in [-0.4, -0.2) is 18.8 Å². The molecule has 0 fully saturated rings. The summed E-state index contributed by atoms with van der Waals surface area (Å²) in [6.45, 7) is 2.99. The van der Waals surface area contributed by atoms with Crippen molar-refractivity contribution in [2.75, 3.05) is 7.11 Å². The molecule has 0 bridgehead atoms. The molecule has 0 aliphatic carbocycles. The standard InChI is InChI=1S/C17H15ClFNO3/c1-8-11(18)5-7-13(23-3)14(8)10-4-6-12(19)16(17(20)22)15(10)9(2)21/h4-7H,1-3H3,(H2,20,22). The van der Waals surface area contributed by atoms with Gasteiger partial charge in [0.1, 0.15) is 11.6 Å². The van der Waals surface area contributed by atoms with Crippen molar-refractivity contribution in [1.29, 1.82) is 0 Å². The fourth-order valence-electron chi connectivity index (χ4n) is 2.56. The largest absolute Gasteiger partial charge is 0.496 e. The van der Waals surface area contributed by atoms with E-state index < -0.39 is 23.1 Å². The van der Waals surface area contributed by atoms with E-state index >= 15 is 0 Å². The summed E-state index contributed by atoms with van der Waals surface area (Å²) in [6.07, 6.45) is 0. The van der Waals surface area contributed by atoms with Crippen LogP contribution in [0.2, 0.25) is 5.02 Å². The fourth-order valence-corrected chi connectivity index (χ4v) is 2.72. The molecule has 0 heterocycles. The summed E-state index contributed by atoms with van der Waals surface area (Å²) >= 11 is 6.15. The van der Waals surface area contributed by atoms with Crippen LogP contribution in [0.15, 0.2) is 24.3 Å². The van der Waals surface area contributed by atoms with Crippen LogP contribution >= 0.6 is 11.6 Å². The number of nitrogens with two attached hydrogens (primary N) is 1. The van der Waals surface area contributed by atoms with Crippen LogP contribution in [0.3, 0.4) is 0 Å². The number of Topliss-reactive ketones (excluding diaryl/α,β-unsaturated/α-hetero) is 1. The highest BCUT2D eigenvalue weighted by Gasteiger charge is 2.24. The van der Waals surface area contributed by atoms with Crippen LogP contribution in [0.25, 0.3) is 11.1 Å². The molecule has 0 aliphatic rings. The van der Waals surface area contributed by atoms with Gasteiger partial charge >= 0.3 is 0 Å². The smallest absolute Gasteiger partial charge is 0.252 e. The molecule has 0 spiro atoms.